The minimum Gasteiger partial charge on any atom is -0.453 e. The van der Waals surface area contributed by atoms with Crippen LogP contribution in [-0.2, 0) is 0 Å². The Kier molecular flexibility index (Phi) is 3.99. The lowest BCUT2D eigenvalue weighted by atomic mass is 10.1. The standard InChI is InChI=1S/C14H12BrFO2/c1-9(17)10-5-4-7-12(16)14(10)18-13-8-3-2-6-11(13)15/h2-9,17H,1H3. The Balaban J connectivity index is 2.43. The van der Waals surface area contributed by atoms with Gasteiger partial charge in [-0.15, -0.1) is 0 Å². The van der Waals surface area contributed by atoms with Crippen molar-refractivity contribution in [2.75, 3.05) is 0 Å². The fraction of sp³-hybridized carbons (Fsp3) is 0.143. The molecule has 0 saturated heterocycles. The van der Waals surface area contributed by atoms with Crippen molar-refractivity contribution >= 4 is 15.9 Å². The van der Waals surface area contributed by atoms with E-state index in [1.54, 1.807) is 37.3 Å². The zero-order valence-electron chi connectivity index (χ0n) is 9.73. The molecule has 0 fully saturated rings. The van der Waals surface area contributed by atoms with Crippen molar-refractivity contribution in [3.8, 4) is 11.5 Å². The number of aliphatic hydroxyl groups is 1. The van der Waals surface area contributed by atoms with Crippen molar-refractivity contribution in [3.05, 3.63) is 58.3 Å². The second-order valence-electron chi connectivity index (χ2n) is 3.87. The highest BCUT2D eigenvalue weighted by atomic mass is 79.9. The molecule has 94 valence electrons. The lowest BCUT2D eigenvalue weighted by Gasteiger charge is -2.14. The van der Waals surface area contributed by atoms with Crippen LogP contribution in [-0.4, -0.2) is 5.11 Å². The summed E-state index contributed by atoms with van der Waals surface area (Å²) in [5.74, 6) is 0.0630. The lowest BCUT2D eigenvalue weighted by molar-refractivity contribution is 0.194. The Labute approximate surface area is 113 Å². The average Bonchev–Trinajstić information content (AvgIpc) is 2.34. The van der Waals surface area contributed by atoms with Crippen LogP contribution in [0.15, 0.2) is 46.9 Å². The highest BCUT2D eigenvalue weighted by molar-refractivity contribution is 9.10. The summed E-state index contributed by atoms with van der Waals surface area (Å²) in [7, 11) is 0. The Morgan fingerprint density at radius 3 is 2.56 bits per heavy atom. The topological polar surface area (TPSA) is 29.5 Å². The maximum atomic E-state index is 13.8. The fourth-order valence-electron chi connectivity index (χ4n) is 1.60. The van der Waals surface area contributed by atoms with E-state index in [0.29, 0.717) is 11.3 Å². The van der Waals surface area contributed by atoms with E-state index in [2.05, 4.69) is 15.9 Å². The van der Waals surface area contributed by atoms with Crippen LogP contribution in [0.5, 0.6) is 11.5 Å². The van der Waals surface area contributed by atoms with Gasteiger partial charge in [-0.2, -0.15) is 0 Å². The van der Waals surface area contributed by atoms with E-state index in [9.17, 15) is 9.50 Å². The van der Waals surface area contributed by atoms with E-state index in [1.165, 1.54) is 6.07 Å². The average molecular weight is 311 g/mol. The maximum absolute atomic E-state index is 13.8. The van der Waals surface area contributed by atoms with Crippen LogP contribution in [0.3, 0.4) is 0 Å². The third kappa shape index (κ3) is 2.71. The van der Waals surface area contributed by atoms with Gasteiger partial charge in [0.2, 0.25) is 0 Å². The quantitative estimate of drug-likeness (QED) is 0.908. The van der Waals surface area contributed by atoms with Gasteiger partial charge < -0.3 is 9.84 Å². The summed E-state index contributed by atoms with van der Waals surface area (Å²) in [6.45, 7) is 1.57. The van der Waals surface area contributed by atoms with Gasteiger partial charge >= 0.3 is 0 Å². The summed E-state index contributed by atoms with van der Waals surface area (Å²) in [5, 5.41) is 9.62. The van der Waals surface area contributed by atoms with Crippen LogP contribution in [0.2, 0.25) is 0 Å². The molecule has 1 atom stereocenters. The molecule has 4 heteroatoms. The number of ether oxygens (including phenoxy) is 1. The molecule has 0 bridgehead atoms. The van der Waals surface area contributed by atoms with Crippen LogP contribution in [0, 0.1) is 5.82 Å². The van der Waals surface area contributed by atoms with Crippen LogP contribution in [0.4, 0.5) is 4.39 Å². The molecular formula is C14H12BrFO2. The molecule has 2 aromatic carbocycles. The molecular weight excluding hydrogens is 299 g/mol. The van der Waals surface area contributed by atoms with Crippen molar-refractivity contribution < 1.29 is 14.2 Å². The van der Waals surface area contributed by atoms with Crippen molar-refractivity contribution in [1.82, 2.24) is 0 Å². The fourth-order valence-corrected chi connectivity index (χ4v) is 1.97. The monoisotopic (exact) mass is 310 g/mol. The predicted octanol–water partition coefficient (Wildman–Crippen LogP) is 4.43. The molecule has 18 heavy (non-hydrogen) atoms. The molecule has 0 aliphatic heterocycles. The second kappa shape index (κ2) is 5.50. The van der Waals surface area contributed by atoms with E-state index in [1.807, 2.05) is 6.07 Å². The first kappa shape index (κ1) is 13.1. The number of hydrogen-bond donors (Lipinski definition) is 1. The first-order valence-corrected chi connectivity index (χ1v) is 6.27. The Bertz CT molecular complexity index is 555. The van der Waals surface area contributed by atoms with Gasteiger partial charge in [-0.3, -0.25) is 0 Å². The van der Waals surface area contributed by atoms with Crippen LogP contribution < -0.4 is 4.74 Å². The lowest BCUT2D eigenvalue weighted by Crippen LogP contribution is -1.98. The summed E-state index contributed by atoms with van der Waals surface area (Å²) < 4.78 is 20.1. The summed E-state index contributed by atoms with van der Waals surface area (Å²) >= 11 is 3.33. The van der Waals surface area contributed by atoms with E-state index in [4.69, 9.17) is 4.74 Å². The van der Waals surface area contributed by atoms with Crippen molar-refractivity contribution in [1.29, 1.82) is 0 Å². The highest BCUT2D eigenvalue weighted by Gasteiger charge is 2.15. The first-order valence-electron chi connectivity index (χ1n) is 5.48. The smallest absolute Gasteiger partial charge is 0.168 e. The van der Waals surface area contributed by atoms with E-state index >= 15 is 0 Å². The van der Waals surface area contributed by atoms with E-state index in [0.717, 1.165) is 4.47 Å². The summed E-state index contributed by atoms with van der Waals surface area (Å²) in [6, 6.07) is 11.7. The van der Waals surface area contributed by atoms with Crippen LogP contribution in [0.1, 0.15) is 18.6 Å². The molecule has 2 rings (SSSR count). The number of rotatable bonds is 3. The van der Waals surface area contributed by atoms with Crippen LogP contribution >= 0.6 is 15.9 Å². The van der Waals surface area contributed by atoms with Gasteiger partial charge in [0.15, 0.2) is 11.6 Å². The number of hydrogen-bond acceptors (Lipinski definition) is 2. The van der Waals surface area contributed by atoms with Gasteiger partial charge in [-0.1, -0.05) is 24.3 Å². The number of halogens is 2. The van der Waals surface area contributed by atoms with Crippen molar-refractivity contribution in [3.63, 3.8) is 0 Å². The van der Waals surface area contributed by atoms with Crippen LogP contribution in [0.25, 0.3) is 0 Å². The number of benzene rings is 2. The largest absolute Gasteiger partial charge is 0.453 e. The number of aliphatic hydroxyl groups excluding tert-OH is 1. The van der Waals surface area contributed by atoms with Gasteiger partial charge in [0.1, 0.15) is 5.75 Å². The summed E-state index contributed by atoms with van der Waals surface area (Å²) in [4.78, 5) is 0. The van der Waals surface area contributed by atoms with Gasteiger partial charge in [-0.25, -0.2) is 4.39 Å². The third-order valence-corrected chi connectivity index (χ3v) is 3.15. The van der Waals surface area contributed by atoms with Gasteiger partial charge in [0.05, 0.1) is 10.6 Å². The Morgan fingerprint density at radius 2 is 1.89 bits per heavy atom. The Morgan fingerprint density at radius 1 is 1.17 bits per heavy atom. The molecule has 1 N–H and O–H groups in total. The first-order chi connectivity index (χ1) is 8.59. The molecule has 2 aromatic rings. The molecule has 0 aliphatic carbocycles. The Hall–Kier alpha value is -1.39. The third-order valence-electron chi connectivity index (χ3n) is 2.50. The molecule has 0 aliphatic rings. The molecule has 2 nitrogen and oxygen atoms in total. The van der Waals surface area contributed by atoms with Crippen molar-refractivity contribution in [2.24, 2.45) is 0 Å². The van der Waals surface area contributed by atoms with Gasteiger partial charge in [-0.05, 0) is 41.1 Å². The van der Waals surface area contributed by atoms with Crippen molar-refractivity contribution in [2.45, 2.75) is 13.0 Å². The van der Waals surface area contributed by atoms with Gasteiger partial charge in [0.25, 0.3) is 0 Å². The second-order valence-corrected chi connectivity index (χ2v) is 4.72. The van der Waals surface area contributed by atoms with E-state index < -0.39 is 11.9 Å². The predicted molar refractivity (Wildman–Crippen MR) is 71.2 cm³/mol. The summed E-state index contributed by atoms with van der Waals surface area (Å²) in [5.41, 5.74) is 0.422. The molecule has 0 aromatic heterocycles. The minimum absolute atomic E-state index is 0.0550. The highest BCUT2D eigenvalue weighted by Crippen LogP contribution is 2.35. The maximum Gasteiger partial charge on any atom is 0.168 e. The van der Waals surface area contributed by atoms with E-state index in [-0.39, 0.29) is 5.75 Å². The molecule has 0 amide bonds. The number of para-hydroxylation sites is 2. The molecule has 0 spiro atoms. The minimum atomic E-state index is -0.793. The van der Waals surface area contributed by atoms with Gasteiger partial charge in [0, 0.05) is 5.56 Å². The zero-order chi connectivity index (χ0) is 13.1. The molecule has 0 saturated carbocycles. The molecule has 1 unspecified atom stereocenters. The zero-order valence-corrected chi connectivity index (χ0v) is 11.3. The SMILES string of the molecule is CC(O)c1cccc(F)c1Oc1ccccc1Br. The normalized spacial score (nSPS) is 12.2. The summed E-state index contributed by atoms with van der Waals surface area (Å²) in [6.07, 6.45) is -0.793. The molecule has 0 heterocycles. The molecule has 0 radical (unpaired) electrons.